The second-order valence-corrected chi connectivity index (χ2v) is 4.04. The molecule has 0 spiro atoms. The number of hydrogen-bond acceptors (Lipinski definition) is 5. The van der Waals surface area contributed by atoms with E-state index in [9.17, 15) is 4.79 Å². The van der Waals surface area contributed by atoms with Gasteiger partial charge in [0.1, 0.15) is 11.8 Å². The third kappa shape index (κ3) is 6.73. The van der Waals surface area contributed by atoms with Crippen molar-refractivity contribution in [1.82, 2.24) is 10.6 Å². The molecule has 1 aromatic rings. The Hall–Kier alpha value is -2.10. The standard InChI is InChI=1S/C14H19N3O3/c1-19-9-7-17-14(18)11-16-10-12-2-4-13(5-3-12)20-8-6-15/h2-5,16H,7-11H2,1H3,(H,17,18). The first kappa shape index (κ1) is 16.0. The van der Waals surface area contributed by atoms with Crippen LogP contribution < -0.4 is 15.4 Å². The van der Waals surface area contributed by atoms with E-state index >= 15 is 0 Å². The number of amides is 1. The van der Waals surface area contributed by atoms with Crippen molar-refractivity contribution < 1.29 is 14.3 Å². The molecule has 1 rings (SSSR count). The van der Waals surface area contributed by atoms with Gasteiger partial charge in [0, 0.05) is 20.2 Å². The van der Waals surface area contributed by atoms with E-state index < -0.39 is 0 Å². The molecule has 0 saturated carbocycles. The first-order chi connectivity index (χ1) is 9.76. The van der Waals surface area contributed by atoms with Gasteiger partial charge in [0.05, 0.1) is 13.2 Å². The molecule has 0 radical (unpaired) electrons. The first-order valence-corrected chi connectivity index (χ1v) is 6.31. The van der Waals surface area contributed by atoms with Crippen molar-refractivity contribution in [3.05, 3.63) is 29.8 Å². The molecule has 20 heavy (non-hydrogen) atoms. The minimum Gasteiger partial charge on any atom is -0.479 e. The molecule has 0 aliphatic carbocycles. The van der Waals surface area contributed by atoms with Crippen LogP contribution in [0.4, 0.5) is 0 Å². The fourth-order valence-corrected chi connectivity index (χ4v) is 1.49. The second kappa shape index (κ2) is 9.78. The SMILES string of the molecule is COCCNC(=O)CNCc1ccc(OCC#N)cc1. The second-order valence-electron chi connectivity index (χ2n) is 4.04. The summed E-state index contributed by atoms with van der Waals surface area (Å²) in [6.07, 6.45) is 0. The number of carbonyl (C=O) groups is 1. The lowest BCUT2D eigenvalue weighted by atomic mass is 10.2. The maximum Gasteiger partial charge on any atom is 0.234 e. The Labute approximate surface area is 118 Å². The van der Waals surface area contributed by atoms with Crippen molar-refractivity contribution in [3.63, 3.8) is 0 Å². The average molecular weight is 277 g/mol. The van der Waals surface area contributed by atoms with E-state index in [1.54, 1.807) is 19.2 Å². The highest BCUT2D eigenvalue weighted by Crippen LogP contribution is 2.11. The van der Waals surface area contributed by atoms with E-state index in [2.05, 4.69) is 10.6 Å². The summed E-state index contributed by atoms with van der Waals surface area (Å²) in [6.45, 7) is 1.92. The number of ether oxygens (including phenoxy) is 2. The zero-order valence-corrected chi connectivity index (χ0v) is 11.5. The normalized spacial score (nSPS) is 9.80. The summed E-state index contributed by atoms with van der Waals surface area (Å²) in [7, 11) is 1.59. The summed E-state index contributed by atoms with van der Waals surface area (Å²) in [4.78, 5) is 11.4. The number of methoxy groups -OCH3 is 1. The molecule has 0 aromatic heterocycles. The predicted molar refractivity (Wildman–Crippen MR) is 74.1 cm³/mol. The molecule has 0 bridgehead atoms. The summed E-state index contributed by atoms with van der Waals surface area (Å²) in [5.74, 6) is 0.601. The minimum atomic E-state index is -0.0592. The van der Waals surface area contributed by atoms with Crippen LogP contribution in [0, 0.1) is 11.3 Å². The summed E-state index contributed by atoms with van der Waals surface area (Å²) in [5.41, 5.74) is 1.04. The molecule has 0 aliphatic heterocycles. The van der Waals surface area contributed by atoms with Gasteiger partial charge in [0.15, 0.2) is 6.61 Å². The molecule has 0 saturated heterocycles. The van der Waals surface area contributed by atoms with Crippen molar-refractivity contribution in [3.8, 4) is 11.8 Å². The lowest BCUT2D eigenvalue weighted by molar-refractivity contribution is -0.120. The van der Waals surface area contributed by atoms with Crippen LogP contribution >= 0.6 is 0 Å². The topological polar surface area (TPSA) is 83.4 Å². The predicted octanol–water partition coefficient (Wildman–Crippen LogP) is 0.441. The van der Waals surface area contributed by atoms with Gasteiger partial charge in [-0.2, -0.15) is 5.26 Å². The van der Waals surface area contributed by atoms with Gasteiger partial charge in [0.25, 0.3) is 0 Å². The lowest BCUT2D eigenvalue weighted by Gasteiger charge is -2.07. The van der Waals surface area contributed by atoms with Crippen LogP contribution in [-0.2, 0) is 16.1 Å². The number of carbonyl (C=O) groups excluding carboxylic acids is 1. The number of hydrogen-bond donors (Lipinski definition) is 2. The monoisotopic (exact) mass is 277 g/mol. The van der Waals surface area contributed by atoms with Crippen LogP contribution in [0.25, 0.3) is 0 Å². The van der Waals surface area contributed by atoms with E-state index in [4.69, 9.17) is 14.7 Å². The number of nitriles is 1. The molecule has 6 nitrogen and oxygen atoms in total. The van der Waals surface area contributed by atoms with Gasteiger partial charge in [-0.05, 0) is 17.7 Å². The van der Waals surface area contributed by atoms with Gasteiger partial charge in [-0.3, -0.25) is 4.79 Å². The van der Waals surface area contributed by atoms with E-state index in [0.29, 0.717) is 25.4 Å². The highest BCUT2D eigenvalue weighted by molar-refractivity contribution is 5.77. The Morgan fingerprint density at radius 3 is 2.75 bits per heavy atom. The Bertz CT molecular complexity index is 440. The molecule has 0 heterocycles. The third-order valence-corrected chi connectivity index (χ3v) is 2.47. The molecular formula is C14H19N3O3. The number of benzene rings is 1. The highest BCUT2D eigenvalue weighted by Gasteiger charge is 2.00. The van der Waals surface area contributed by atoms with Crippen LogP contribution in [-0.4, -0.2) is 39.3 Å². The summed E-state index contributed by atoms with van der Waals surface area (Å²) in [6, 6.07) is 9.29. The molecule has 108 valence electrons. The summed E-state index contributed by atoms with van der Waals surface area (Å²) >= 11 is 0. The first-order valence-electron chi connectivity index (χ1n) is 6.31. The van der Waals surface area contributed by atoms with Gasteiger partial charge in [-0.1, -0.05) is 12.1 Å². The van der Waals surface area contributed by atoms with Crippen molar-refractivity contribution in [2.24, 2.45) is 0 Å². The lowest BCUT2D eigenvalue weighted by Crippen LogP contribution is -2.35. The van der Waals surface area contributed by atoms with Gasteiger partial charge in [0.2, 0.25) is 5.91 Å². The van der Waals surface area contributed by atoms with Crippen LogP contribution in [0.1, 0.15) is 5.56 Å². The van der Waals surface area contributed by atoms with E-state index in [1.165, 1.54) is 0 Å². The van der Waals surface area contributed by atoms with E-state index in [1.807, 2.05) is 18.2 Å². The third-order valence-electron chi connectivity index (χ3n) is 2.47. The molecule has 0 unspecified atom stereocenters. The Morgan fingerprint density at radius 2 is 2.10 bits per heavy atom. The van der Waals surface area contributed by atoms with Crippen molar-refractivity contribution in [1.29, 1.82) is 5.26 Å². The zero-order valence-electron chi connectivity index (χ0n) is 11.5. The van der Waals surface area contributed by atoms with Gasteiger partial charge in [-0.25, -0.2) is 0 Å². The number of nitrogens with zero attached hydrogens (tertiary/aromatic N) is 1. The molecular weight excluding hydrogens is 258 g/mol. The van der Waals surface area contributed by atoms with Gasteiger partial charge >= 0.3 is 0 Å². The van der Waals surface area contributed by atoms with Crippen LogP contribution in [0.2, 0.25) is 0 Å². The summed E-state index contributed by atoms with van der Waals surface area (Å²) < 4.78 is 9.99. The van der Waals surface area contributed by atoms with Crippen LogP contribution in [0.5, 0.6) is 5.75 Å². The van der Waals surface area contributed by atoms with Gasteiger partial charge < -0.3 is 20.1 Å². The molecule has 1 amide bonds. The number of nitrogens with one attached hydrogen (secondary N) is 2. The van der Waals surface area contributed by atoms with Crippen LogP contribution in [0.3, 0.4) is 0 Å². The Morgan fingerprint density at radius 1 is 1.35 bits per heavy atom. The average Bonchev–Trinajstić information content (AvgIpc) is 2.47. The minimum absolute atomic E-state index is 0.0409. The highest BCUT2D eigenvalue weighted by atomic mass is 16.5. The smallest absolute Gasteiger partial charge is 0.234 e. The van der Waals surface area contributed by atoms with Crippen molar-refractivity contribution in [2.45, 2.75) is 6.54 Å². The maximum absolute atomic E-state index is 11.4. The number of rotatable bonds is 9. The van der Waals surface area contributed by atoms with Gasteiger partial charge in [-0.15, -0.1) is 0 Å². The fraction of sp³-hybridized carbons (Fsp3) is 0.429. The zero-order chi connectivity index (χ0) is 14.6. The largest absolute Gasteiger partial charge is 0.479 e. The summed E-state index contributed by atoms with van der Waals surface area (Å²) in [5, 5.41) is 14.2. The van der Waals surface area contributed by atoms with Crippen molar-refractivity contribution in [2.75, 3.05) is 33.4 Å². The molecule has 6 heteroatoms. The molecule has 0 aliphatic rings. The molecule has 1 aromatic carbocycles. The molecule has 0 atom stereocenters. The Kier molecular flexibility index (Phi) is 7.80. The molecule has 0 fully saturated rings. The maximum atomic E-state index is 11.4. The van der Waals surface area contributed by atoms with Crippen molar-refractivity contribution >= 4 is 5.91 Å². The Balaban J connectivity index is 2.21. The quantitative estimate of drug-likeness (QED) is 0.640. The van der Waals surface area contributed by atoms with Crippen LogP contribution in [0.15, 0.2) is 24.3 Å². The molecule has 2 N–H and O–H groups in total. The fourth-order valence-electron chi connectivity index (χ4n) is 1.49. The van der Waals surface area contributed by atoms with E-state index in [-0.39, 0.29) is 19.1 Å². The van der Waals surface area contributed by atoms with E-state index in [0.717, 1.165) is 5.56 Å².